The predicted octanol–water partition coefficient (Wildman–Crippen LogP) is 0.845. The Balaban J connectivity index is 2.08. The number of carbonyl (C=O) groups excluding carboxylic acids is 1. The molecule has 0 radical (unpaired) electrons. The minimum Gasteiger partial charge on any atom is -0.349 e. The van der Waals surface area contributed by atoms with Crippen molar-refractivity contribution < 1.29 is 4.79 Å². The summed E-state index contributed by atoms with van der Waals surface area (Å²) in [5.41, 5.74) is 6.27. The number of amides is 1. The molecule has 0 spiro atoms. The van der Waals surface area contributed by atoms with Crippen LogP contribution in [0, 0.1) is 6.92 Å². The van der Waals surface area contributed by atoms with Crippen LogP contribution >= 0.6 is 11.3 Å². The summed E-state index contributed by atoms with van der Waals surface area (Å²) < 4.78 is 0. The lowest BCUT2D eigenvalue weighted by Gasteiger charge is -1.99. The molecule has 0 saturated heterocycles. The van der Waals surface area contributed by atoms with Crippen LogP contribution in [0.15, 0.2) is 0 Å². The van der Waals surface area contributed by atoms with Crippen molar-refractivity contribution in [2.45, 2.75) is 32.2 Å². The summed E-state index contributed by atoms with van der Waals surface area (Å²) in [4.78, 5) is 16.8. The molecule has 1 aliphatic rings. The minimum absolute atomic E-state index is 0.0239. The quantitative estimate of drug-likeness (QED) is 0.798. The summed E-state index contributed by atoms with van der Waals surface area (Å²) in [5.74, 6) is 0.0239. The Labute approximate surface area is 92.9 Å². The number of thiazole rings is 1. The molecule has 0 atom stereocenters. The second-order valence-electron chi connectivity index (χ2n) is 3.81. The second kappa shape index (κ2) is 4.28. The third-order valence-electron chi connectivity index (χ3n) is 2.32. The molecule has 0 bridgehead atoms. The van der Waals surface area contributed by atoms with Crippen molar-refractivity contribution in [1.29, 1.82) is 0 Å². The fourth-order valence-electron chi connectivity index (χ4n) is 1.37. The van der Waals surface area contributed by atoms with Crippen molar-refractivity contribution in [2.75, 3.05) is 6.54 Å². The first-order chi connectivity index (χ1) is 7.20. The van der Waals surface area contributed by atoms with Gasteiger partial charge in [-0.25, -0.2) is 4.98 Å². The zero-order valence-corrected chi connectivity index (χ0v) is 9.56. The number of hydrogen-bond acceptors (Lipinski definition) is 4. The molecule has 15 heavy (non-hydrogen) atoms. The fraction of sp³-hybridized carbons (Fsp3) is 0.600. The number of nitrogens with two attached hydrogens (primary N) is 1. The summed E-state index contributed by atoms with van der Waals surface area (Å²) >= 11 is 1.46. The maximum absolute atomic E-state index is 11.8. The number of aryl methyl sites for hydroxylation is 1. The van der Waals surface area contributed by atoms with Gasteiger partial charge in [0.05, 0.1) is 10.7 Å². The SMILES string of the molecule is Cc1nc(CCN)sc1C(=O)NC1CC1. The van der Waals surface area contributed by atoms with Gasteiger partial charge in [-0.05, 0) is 26.3 Å². The van der Waals surface area contributed by atoms with E-state index in [0.717, 1.165) is 34.8 Å². The van der Waals surface area contributed by atoms with Gasteiger partial charge >= 0.3 is 0 Å². The van der Waals surface area contributed by atoms with Gasteiger partial charge in [0.1, 0.15) is 4.88 Å². The average molecular weight is 225 g/mol. The molecule has 82 valence electrons. The molecule has 3 N–H and O–H groups in total. The topological polar surface area (TPSA) is 68.0 Å². The van der Waals surface area contributed by atoms with Crippen molar-refractivity contribution in [3.05, 3.63) is 15.6 Å². The van der Waals surface area contributed by atoms with E-state index in [2.05, 4.69) is 10.3 Å². The first-order valence-corrected chi connectivity index (χ1v) is 5.99. The molecule has 4 nitrogen and oxygen atoms in total. The van der Waals surface area contributed by atoms with E-state index in [4.69, 9.17) is 5.73 Å². The van der Waals surface area contributed by atoms with Gasteiger partial charge in [0.2, 0.25) is 0 Å². The summed E-state index contributed by atoms with van der Waals surface area (Å²) in [5, 5.41) is 3.92. The average Bonchev–Trinajstić information content (AvgIpc) is 2.90. The molecule has 1 heterocycles. The Morgan fingerprint density at radius 1 is 1.67 bits per heavy atom. The molecule has 1 amide bonds. The summed E-state index contributed by atoms with van der Waals surface area (Å²) in [6.07, 6.45) is 2.97. The standard InChI is InChI=1S/C10H15N3OS/c1-6-9(10(14)13-7-2-3-7)15-8(12-6)4-5-11/h7H,2-5,11H2,1H3,(H,13,14). The Bertz CT molecular complexity index is 371. The van der Waals surface area contributed by atoms with E-state index in [9.17, 15) is 4.79 Å². The molecular formula is C10H15N3OS. The maximum Gasteiger partial charge on any atom is 0.263 e. The van der Waals surface area contributed by atoms with Gasteiger partial charge in [0.15, 0.2) is 0 Å². The van der Waals surface area contributed by atoms with Crippen LogP contribution in [0.3, 0.4) is 0 Å². The molecule has 1 aliphatic carbocycles. The van der Waals surface area contributed by atoms with Crippen molar-refractivity contribution in [3.8, 4) is 0 Å². The van der Waals surface area contributed by atoms with E-state index >= 15 is 0 Å². The van der Waals surface area contributed by atoms with E-state index in [0.29, 0.717) is 12.6 Å². The fourth-order valence-corrected chi connectivity index (χ4v) is 2.36. The van der Waals surface area contributed by atoms with Crippen LogP contribution < -0.4 is 11.1 Å². The molecule has 5 heteroatoms. The van der Waals surface area contributed by atoms with Gasteiger partial charge in [-0.3, -0.25) is 4.79 Å². The lowest BCUT2D eigenvalue weighted by molar-refractivity contribution is 0.0954. The molecule has 0 aromatic carbocycles. The van der Waals surface area contributed by atoms with E-state index in [1.807, 2.05) is 6.92 Å². The lowest BCUT2D eigenvalue weighted by Crippen LogP contribution is -2.25. The monoisotopic (exact) mass is 225 g/mol. The minimum atomic E-state index is 0.0239. The normalized spacial score (nSPS) is 15.3. The first kappa shape index (κ1) is 10.6. The zero-order valence-electron chi connectivity index (χ0n) is 8.75. The lowest BCUT2D eigenvalue weighted by atomic mass is 10.3. The van der Waals surface area contributed by atoms with Crippen LogP contribution in [-0.2, 0) is 6.42 Å². The summed E-state index contributed by atoms with van der Waals surface area (Å²) in [7, 11) is 0. The van der Waals surface area contributed by atoms with Gasteiger partial charge < -0.3 is 11.1 Å². The highest BCUT2D eigenvalue weighted by atomic mass is 32.1. The third-order valence-corrected chi connectivity index (χ3v) is 3.53. The van der Waals surface area contributed by atoms with Crippen molar-refractivity contribution in [3.63, 3.8) is 0 Å². The van der Waals surface area contributed by atoms with Crippen LogP contribution in [0.1, 0.15) is 33.2 Å². The third kappa shape index (κ3) is 2.54. The number of hydrogen-bond donors (Lipinski definition) is 2. The van der Waals surface area contributed by atoms with Gasteiger partial charge in [-0.2, -0.15) is 0 Å². The smallest absolute Gasteiger partial charge is 0.263 e. The molecule has 0 unspecified atom stereocenters. The zero-order chi connectivity index (χ0) is 10.8. The number of carbonyl (C=O) groups is 1. The van der Waals surface area contributed by atoms with Gasteiger partial charge in [-0.15, -0.1) is 11.3 Å². The Morgan fingerprint density at radius 3 is 3.00 bits per heavy atom. The molecule has 1 aromatic rings. The highest BCUT2D eigenvalue weighted by Gasteiger charge is 2.25. The Hall–Kier alpha value is -0.940. The van der Waals surface area contributed by atoms with Crippen LogP contribution in [-0.4, -0.2) is 23.5 Å². The number of nitrogens with zero attached hydrogens (tertiary/aromatic N) is 1. The van der Waals surface area contributed by atoms with E-state index in [1.54, 1.807) is 0 Å². The molecule has 0 aliphatic heterocycles. The number of aromatic nitrogens is 1. The second-order valence-corrected chi connectivity index (χ2v) is 4.89. The van der Waals surface area contributed by atoms with Crippen LogP contribution in [0.4, 0.5) is 0 Å². The maximum atomic E-state index is 11.8. The molecule has 1 fully saturated rings. The Kier molecular flexibility index (Phi) is 3.02. The molecule has 2 rings (SSSR count). The largest absolute Gasteiger partial charge is 0.349 e. The molecular weight excluding hydrogens is 210 g/mol. The molecule has 1 aromatic heterocycles. The van der Waals surface area contributed by atoms with E-state index in [1.165, 1.54) is 11.3 Å². The summed E-state index contributed by atoms with van der Waals surface area (Å²) in [6.45, 7) is 2.45. The van der Waals surface area contributed by atoms with Crippen LogP contribution in [0.5, 0.6) is 0 Å². The van der Waals surface area contributed by atoms with Gasteiger partial charge in [0.25, 0.3) is 5.91 Å². The summed E-state index contributed by atoms with van der Waals surface area (Å²) in [6, 6.07) is 0.400. The molecule has 1 saturated carbocycles. The van der Waals surface area contributed by atoms with Crippen molar-refractivity contribution >= 4 is 17.2 Å². The van der Waals surface area contributed by atoms with Crippen LogP contribution in [0.2, 0.25) is 0 Å². The first-order valence-electron chi connectivity index (χ1n) is 5.18. The van der Waals surface area contributed by atoms with Crippen molar-refractivity contribution in [1.82, 2.24) is 10.3 Å². The predicted molar refractivity (Wildman–Crippen MR) is 60.1 cm³/mol. The van der Waals surface area contributed by atoms with Gasteiger partial charge in [0, 0.05) is 12.5 Å². The van der Waals surface area contributed by atoms with E-state index < -0.39 is 0 Å². The highest BCUT2D eigenvalue weighted by Crippen LogP contribution is 2.22. The highest BCUT2D eigenvalue weighted by molar-refractivity contribution is 7.13. The van der Waals surface area contributed by atoms with E-state index in [-0.39, 0.29) is 5.91 Å². The van der Waals surface area contributed by atoms with Crippen molar-refractivity contribution in [2.24, 2.45) is 5.73 Å². The number of rotatable bonds is 4. The Morgan fingerprint density at radius 2 is 2.40 bits per heavy atom. The van der Waals surface area contributed by atoms with Crippen LogP contribution in [0.25, 0.3) is 0 Å². The van der Waals surface area contributed by atoms with Gasteiger partial charge in [-0.1, -0.05) is 0 Å². The number of nitrogens with one attached hydrogen (secondary N) is 1.